The highest BCUT2D eigenvalue weighted by Gasteiger charge is 2.25. The Balaban J connectivity index is 1.85. The maximum atomic E-state index is 12.8. The predicted molar refractivity (Wildman–Crippen MR) is 119 cm³/mol. The van der Waals surface area contributed by atoms with E-state index in [-0.39, 0.29) is 16.6 Å². The van der Waals surface area contributed by atoms with Gasteiger partial charge in [-0.05, 0) is 63.5 Å². The first-order valence-corrected chi connectivity index (χ1v) is 11.6. The Hall–Kier alpha value is -2.65. The van der Waals surface area contributed by atoms with E-state index in [2.05, 4.69) is 21.9 Å². The topological polar surface area (TPSA) is 105 Å². The van der Waals surface area contributed by atoms with E-state index >= 15 is 0 Å². The van der Waals surface area contributed by atoms with Gasteiger partial charge < -0.3 is 10.2 Å². The molecule has 1 heterocycles. The summed E-state index contributed by atoms with van der Waals surface area (Å²) in [7, 11) is -3.96. The molecule has 1 atom stereocenters. The predicted octanol–water partition coefficient (Wildman–Crippen LogP) is 3.91. The molecule has 0 spiro atoms. The van der Waals surface area contributed by atoms with E-state index < -0.39 is 14.9 Å². The third kappa shape index (κ3) is 5.09. The number of rotatable bonds is 7. The van der Waals surface area contributed by atoms with E-state index in [1.807, 2.05) is 26.0 Å². The van der Waals surface area contributed by atoms with Crippen LogP contribution >= 0.6 is 0 Å². The van der Waals surface area contributed by atoms with Crippen LogP contribution in [0, 0.1) is 24.0 Å². The summed E-state index contributed by atoms with van der Waals surface area (Å²) in [5.74, 6) is 0. The molecule has 0 amide bonds. The van der Waals surface area contributed by atoms with Crippen molar-refractivity contribution in [1.82, 2.24) is 4.90 Å². The number of hydrogen-bond donors (Lipinski definition) is 2. The zero-order valence-electron chi connectivity index (χ0n) is 17.5. The fourth-order valence-corrected chi connectivity index (χ4v) is 4.91. The fraction of sp³-hybridized carbons (Fsp3) is 0.429. The van der Waals surface area contributed by atoms with Crippen LogP contribution in [0.25, 0.3) is 0 Å². The number of nitro benzene ring substituents is 1. The van der Waals surface area contributed by atoms with E-state index in [1.165, 1.54) is 12.1 Å². The number of likely N-dealkylation sites (N-methyl/N-ethyl adjacent to an activating group) is 1. The molecular weight excluding hydrogens is 404 g/mol. The highest BCUT2D eigenvalue weighted by molar-refractivity contribution is 7.92. The van der Waals surface area contributed by atoms with Crippen LogP contribution < -0.4 is 10.0 Å². The Bertz CT molecular complexity index is 1040. The molecular formula is C21H28N4O4S. The monoisotopic (exact) mass is 432 g/mol. The van der Waals surface area contributed by atoms with Gasteiger partial charge in [-0.15, -0.1) is 0 Å². The third-order valence-corrected chi connectivity index (χ3v) is 6.78. The molecule has 0 aliphatic carbocycles. The van der Waals surface area contributed by atoms with Gasteiger partial charge in [-0.1, -0.05) is 24.6 Å². The summed E-state index contributed by atoms with van der Waals surface area (Å²) in [6.45, 7) is 8.59. The maximum Gasteiger partial charge on any atom is 0.293 e. The van der Waals surface area contributed by atoms with E-state index in [0.29, 0.717) is 11.4 Å². The average Bonchev–Trinajstić information content (AvgIpc) is 2.70. The van der Waals surface area contributed by atoms with Crippen molar-refractivity contribution in [2.24, 2.45) is 0 Å². The van der Waals surface area contributed by atoms with Crippen molar-refractivity contribution in [2.75, 3.05) is 29.7 Å². The summed E-state index contributed by atoms with van der Waals surface area (Å²) in [6.07, 6.45) is 1.94. The number of nitrogens with zero attached hydrogens (tertiary/aromatic N) is 2. The second-order valence-electron chi connectivity index (χ2n) is 7.74. The van der Waals surface area contributed by atoms with E-state index in [9.17, 15) is 18.5 Å². The summed E-state index contributed by atoms with van der Waals surface area (Å²) >= 11 is 0. The molecule has 1 fully saturated rings. The Morgan fingerprint density at radius 2 is 1.90 bits per heavy atom. The minimum atomic E-state index is -3.96. The minimum Gasteiger partial charge on any atom is -0.375 e. The number of piperidine rings is 1. The number of hydrogen-bond acceptors (Lipinski definition) is 6. The molecule has 3 rings (SSSR count). The Kier molecular flexibility index (Phi) is 6.62. The van der Waals surface area contributed by atoms with Gasteiger partial charge in [-0.3, -0.25) is 14.8 Å². The number of benzene rings is 2. The molecule has 0 saturated carbocycles. The molecule has 2 aromatic rings. The van der Waals surface area contributed by atoms with Crippen LogP contribution in [0.1, 0.15) is 30.9 Å². The molecule has 30 heavy (non-hydrogen) atoms. The van der Waals surface area contributed by atoms with Crippen molar-refractivity contribution >= 4 is 27.1 Å². The summed E-state index contributed by atoms with van der Waals surface area (Å²) in [4.78, 5) is 13.3. The number of nitrogens with one attached hydrogen (secondary N) is 2. The van der Waals surface area contributed by atoms with Gasteiger partial charge in [0.05, 0.1) is 15.5 Å². The standard InChI is InChI=1S/C21H28N4O4S/c1-4-24-11-5-6-17(14-24)22-20-10-8-18(13-21(20)25(26)27)30(28,29)23-19-9-7-15(2)12-16(19)3/h7-10,12-13,17,22-23H,4-6,11,14H2,1-3H3/t17-/m0/s1. The molecule has 1 saturated heterocycles. The van der Waals surface area contributed by atoms with Gasteiger partial charge in [0.1, 0.15) is 5.69 Å². The van der Waals surface area contributed by atoms with Gasteiger partial charge in [0, 0.05) is 18.7 Å². The van der Waals surface area contributed by atoms with Crippen LogP contribution in [0.2, 0.25) is 0 Å². The lowest BCUT2D eigenvalue weighted by molar-refractivity contribution is -0.384. The molecule has 0 radical (unpaired) electrons. The van der Waals surface area contributed by atoms with Crippen molar-refractivity contribution in [1.29, 1.82) is 0 Å². The number of likely N-dealkylation sites (tertiary alicyclic amines) is 1. The summed E-state index contributed by atoms with van der Waals surface area (Å²) < 4.78 is 28.2. The van der Waals surface area contributed by atoms with Gasteiger partial charge in [-0.2, -0.15) is 0 Å². The summed E-state index contributed by atoms with van der Waals surface area (Å²) in [5.41, 5.74) is 2.35. The molecule has 2 N–H and O–H groups in total. The van der Waals surface area contributed by atoms with Gasteiger partial charge in [0.15, 0.2) is 0 Å². The zero-order valence-corrected chi connectivity index (χ0v) is 18.3. The first-order valence-electron chi connectivity index (χ1n) is 10.1. The van der Waals surface area contributed by atoms with E-state index in [1.54, 1.807) is 6.07 Å². The summed E-state index contributed by atoms with van der Waals surface area (Å²) in [6, 6.07) is 9.47. The molecule has 9 heteroatoms. The van der Waals surface area contributed by atoms with Crippen LogP contribution in [-0.2, 0) is 10.0 Å². The quantitative estimate of drug-likeness (QED) is 0.508. The number of anilines is 2. The van der Waals surface area contributed by atoms with Crippen molar-refractivity contribution in [2.45, 2.75) is 44.6 Å². The van der Waals surface area contributed by atoms with Gasteiger partial charge in [0.2, 0.25) is 0 Å². The Morgan fingerprint density at radius 3 is 2.57 bits per heavy atom. The molecule has 8 nitrogen and oxygen atoms in total. The normalized spacial score (nSPS) is 17.5. The first kappa shape index (κ1) is 22.0. The molecule has 0 aromatic heterocycles. The lowest BCUT2D eigenvalue weighted by Crippen LogP contribution is -2.41. The lowest BCUT2D eigenvalue weighted by Gasteiger charge is -2.32. The average molecular weight is 433 g/mol. The highest BCUT2D eigenvalue weighted by Crippen LogP contribution is 2.30. The van der Waals surface area contributed by atoms with Crippen LogP contribution in [0.15, 0.2) is 41.3 Å². The van der Waals surface area contributed by atoms with Crippen molar-refractivity contribution < 1.29 is 13.3 Å². The second-order valence-corrected chi connectivity index (χ2v) is 9.42. The third-order valence-electron chi connectivity index (χ3n) is 5.41. The number of aryl methyl sites for hydroxylation is 2. The van der Waals surface area contributed by atoms with Crippen molar-refractivity contribution in [3.8, 4) is 0 Å². The van der Waals surface area contributed by atoms with E-state index in [0.717, 1.165) is 49.7 Å². The largest absolute Gasteiger partial charge is 0.375 e. The number of nitro groups is 1. The van der Waals surface area contributed by atoms with Crippen LogP contribution in [0.3, 0.4) is 0 Å². The van der Waals surface area contributed by atoms with Crippen molar-refractivity contribution in [3.63, 3.8) is 0 Å². The molecule has 0 bridgehead atoms. The smallest absolute Gasteiger partial charge is 0.293 e. The van der Waals surface area contributed by atoms with Crippen LogP contribution in [0.5, 0.6) is 0 Å². The molecule has 162 valence electrons. The minimum absolute atomic E-state index is 0.0909. The molecule has 1 aliphatic heterocycles. The first-order chi connectivity index (χ1) is 14.2. The van der Waals surface area contributed by atoms with Crippen LogP contribution in [-0.4, -0.2) is 43.9 Å². The van der Waals surface area contributed by atoms with Gasteiger partial charge >= 0.3 is 0 Å². The fourth-order valence-electron chi connectivity index (χ4n) is 3.76. The zero-order chi connectivity index (χ0) is 21.9. The molecule has 0 unspecified atom stereocenters. The lowest BCUT2D eigenvalue weighted by atomic mass is 10.1. The molecule has 1 aliphatic rings. The van der Waals surface area contributed by atoms with Crippen LogP contribution in [0.4, 0.5) is 17.1 Å². The second kappa shape index (κ2) is 9.01. The van der Waals surface area contributed by atoms with Crippen molar-refractivity contribution in [3.05, 3.63) is 57.6 Å². The Labute approximate surface area is 177 Å². The maximum absolute atomic E-state index is 12.8. The Morgan fingerprint density at radius 1 is 1.17 bits per heavy atom. The van der Waals surface area contributed by atoms with E-state index in [4.69, 9.17) is 0 Å². The van der Waals surface area contributed by atoms with Gasteiger partial charge in [0.25, 0.3) is 15.7 Å². The summed E-state index contributed by atoms with van der Waals surface area (Å²) in [5, 5.41) is 14.9. The van der Waals surface area contributed by atoms with Gasteiger partial charge in [-0.25, -0.2) is 8.42 Å². The number of sulfonamides is 1. The SMILES string of the molecule is CCN1CCC[C@H](Nc2ccc(S(=O)(=O)Nc3ccc(C)cc3C)cc2[N+](=O)[O-])C1. The highest BCUT2D eigenvalue weighted by atomic mass is 32.2. The molecule has 2 aromatic carbocycles.